The molecule has 1 saturated heterocycles. The quantitative estimate of drug-likeness (QED) is 0.733. The molecule has 0 bridgehead atoms. The maximum Gasteiger partial charge on any atom is 0.418 e. The number of amides is 1. The summed E-state index contributed by atoms with van der Waals surface area (Å²) >= 11 is 3.15. The molecule has 2 atom stereocenters. The molecule has 0 spiro atoms. The van der Waals surface area contributed by atoms with Crippen molar-refractivity contribution in [1.82, 2.24) is 15.6 Å². The van der Waals surface area contributed by atoms with Gasteiger partial charge in [-0.25, -0.2) is 0 Å². The van der Waals surface area contributed by atoms with Crippen LogP contribution in [0.5, 0.6) is 0 Å². The van der Waals surface area contributed by atoms with Crippen molar-refractivity contribution in [3.05, 3.63) is 41.6 Å². The van der Waals surface area contributed by atoms with Crippen molar-refractivity contribution in [1.29, 1.82) is 0 Å². The SMILES string of the molecule is C[C@@H]1CNC[C@](NC(=O)CBr)(c2ccc(C(F)(F)F)c3ncccc23)C1. The molecule has 1 aromatic heterocycles. The predicted molar refractivity (Wildman–Crippen MR) is 97.0 cm³/mol. The first-order valence-corrected chi connectivity index (χ1v) is 9.42. The van der Waals surface area contributed by atoms with Gasteiger partial charge in [-0.05, 0) is 36.6 Å². The van der Waals surface area contributed by atoms with Crippen LogP contribution in [0.15, 0.2) is 30.5 Å². The molecule has 2 heterocycles. The van der Waals surface area contributed by atoms with Crippen molar-refractivity contribution in [2.45, 2.75) is 25.1 Å². The van der Waals surface area contributed by atoms with Gasteiger partial charge in [-0.15, -0.1) is 0 Å². The van der Waals surface area contributed by atoms with Crippen molar-refractivity contribution < 1.29 is 18.0 Å². The van der Waals surface area contributed by atoms with E-state index in [9.17, 15) is 18.0 Å². The number of halogens is 4. The molecule has 1 aliphatic heterocycles. The first-order chi connectivity index (χ1) is 12.3. The van der Waals surface area contributed by atoms with Gasteiger partial charge < -0.3 is 10.6 Å². The van der Waals surface area contributed by atoms with Gasteiger partial charge in [-0.3, -0.25) is 9.78 Å². The molecule has 3 rings (SSSR count). The zero-order chi connectivity index (χ0) is 18.9. The minimum Gasteiger partial charge on any atom is -0.345 e. The van der Waals surface area contributed by atoms with E-state index in [4.69, 9.17) is 0 Å². The monoisotopic (exact) mass is 429 g/mol. The summed E-state index contributed by atoms with van der Waals surface area (Å²) in [6.45, 7) is 3.29. The zero-order valence-corrected chi connectivity index (χ0v) is 15.7. The molecule has 1 amide bonds. The third-order valence-corrected chi connectivity index (χ3v) is 5.22. The van der Waals surface area contributed by atoms with E-state index in [-0.39, 0.29) is 22.7 Å². The molecule has 4 nitrogen and oxygen atoms in total. The van der Waals surface area contributed by atoms with Gasteiger partial charge in [-0.1, -0.05) is 35.0 Å². The summed E-state index contributed by atoms with van der Waals surface area (Å²) in [7, 11) is 0. The number of alkyl halides is 4. The highest BCUT2D eigenvalue weighted by Crippen LogP contribution is 2.40. The normalized spacial score (nSPS) is 23.8. The van der Waals surface area contributed by atoms with Crippen molar-refractivity contribution in [3.8, 4) is 0 Å². The molecule has 0 aliphatic carbocycles. The van der Waals surface area contributed by atoms with E-state index in [1.807, 2.05) is 6.92 Å². The average molecular weight is 430 g/mol. The second-order valence-corrected chi connectivity index (χ2v) is 7.32. The number of fused-ring (bicyclic) bond motifs is 1. The van der Waals surface area contributed by atoms with E-state index in [0.29, 0.717) is 23.9 Å². The van der Waals surface area contributed by atoms with E-state index in [0.717, 1.165) is 12.6 Å². The molecule has 0 radical (unpaired) electrons. The van der Waals surface area contributed by atoms with Crippen LogP contribution in [0.2, 0.25) is 0 Å². The predicted octanol–water partition coefficient (Wildman–Crippen LogP) is 3.59. The Morgan fingerprint density at radius 3 is 2.85 bits per heavy atom. The Morgan fingerprint density at radius 2 is 2.19 bits per heavy atom. The number of rotatable bonds is 3. The highest BCUT2D eigenvalue weighted by Gasteiger charge is 2.41. The van der Waals surface area contributed by atoms with Crippen LogP contribution in [0, 0.1) is 5.92 Å². The Bertz CT molecular complexity index is 827. The number of pyridine rings is 1. The number of hydrogen-bond acceptors (Lipinski definition) is 3. The van der Waals surface area contributed by atoms with Gasteiger partial charge in [0.05, 0.1) is 21.9 Å². The van der Waals surface area contributed by atoms with Crippen LogP contribution in [-0.4, -0.2) is 29.3 Å². The summed E-state index contributed by atoms with van der Waals surface area (Å²) in [6.07, 6.45) is -2.50. The van der Waals surface area contributed by atoms with Crippen LogP contribution in [0.3, 0.4) is 0 Å². The lowest BCUT2D eigenvalue weighted by molar-refractivity contribution is -0.136. The number of benzene rings is 1. The smallest absolute Gasteiger partial charge is 0.345 e. The van der Waals surface area contributed by atoms with Crippen molar-refractivity contribution in [2.75, 3.05) is 18.4 Å². The number of nitrogens with zero attached hydrogens (tertiary/aromatic N) is 1. The Kier molecular flexibility index (Phi) is 5.25. The minimum absolute atomic E-state index is 0.0943. The Labute approximate surface area is 157 Å². The van der Waals surface area contributed by atoms with Gasteiger partial charge in [-0.2, -0.15) is 13.2 Å². The third kappa shape index (κ3) is 3.57. The van der Waals surface area contributed by atoms with Gasteiger partial charge in [0, 0.05) is 18.1 Å². The van der Waals surface area contributed by atoms with Crippen LogP contribution < -0.4 is 10.6 Å². The van der Waals surface area contributed by atoms with Crippen LogP contribution in [0.1, 0.15) is 24.5 Å². The second kappa shape index (κ2) is 7.15. The van der Waals surface area contributed by atoms with Crippen LogP contribution in [-0.2, 0) is 16.5 Å². The van der Waals surface area contributed by atoms with Crippen molar-refractivity contribution >= 4 is 32.7 Å². The summed E-state index contributed by atoms with van der Waals surface area (Å²) in [4.78, 5) is 16.1. The molecular weight excluding hydrogens is 411 g/mol. The highest BCUT2D eigenvalue weighted by molar-refractivity contribution is 9.09. The first-order valence-electron chi connectivity index (χ1n) is 8.30. The minimum atomic E-state index is -4.49. The number of carbonyl (C=O) groups is 1. The van der Waals surface area contributed by atoms with Gasteiger partial charge in [0.2, 0.25) is 5.91 Å². The number of piperidine rings is 1. The largest absolute Gasteiger partial charge is 0.418 e. The molecule has 26 heavy (non-hydrogen) atoms. The Balaban J connectivity index is 2.22. The number of aromatic nitrogens is 1. The zero-order valence-electron chi connectivity index (χ0n) is 14.2. The third-order valence-electron chi connectivity index (χ3n) is 4.71. The molecule has 0 unspecified atom stereocenters. The van der Waals surface area contributed by atoms with Crippen molar-refractivity contribution in [2.24, 2.45) is 5.92 Å². The summed E-state index contributed by atoms with van der Waals surface area (Å²) in [5, 5.41) is 6.85. The summed E-state index contributed by atoms with van der Waals surface area (Å²) in [5.74, 6) is 0.0474. The lowest BCUT2D eigenvalue weighted by atomic mass is 9.77. The lowest BCUT2D eigenvalue weighted by Gasteiger charge is -2.42. The number of nitrogens with one attached hydrogen (secondary N) is 2. The van der Waals surface area contributed by atoms with Gasteiger partial charge in [0.1, 0.15) is 0 Å². The number of hydrogen-bond donors (Lipinski definition) is 2. The molecule has 1 aliphatic rings. The summed E-state index contributed by atoms with van der Waals surface area (Å²) in [5.41, 5.74) is -0.991. The molecule has 1 aromatic carbocycles. The molecule has 1 fully saturated rings. The van der Waals surface area contributed by atoms with Crippen LogP contribution in [0.25, 0.3) is 10.9 Å². The summed E-state index contributed by atoms with van der Waals surface area (Å²) in [6, 6.07) is 5.78. The van der Waals surface area contributed by atoms with Gasteiger partial charge in [0.25, 0.3) is 0 Å². The molecular formula is C18H19BrF3N3O. The van der Waals surface area contributed by atoms with E-state index in [2.05, 4.69) is 31.5 Å². The van der Waals surface area contributed by atoms with Crippen LogP contribution in [0.4, 0.5) is 13.2 Å². The van der Waals surface area contributed by atoms with E-state index in [1.165, 1.54) is 12.3 Å². The number of carbonyl (C=O) groups excluding carboxylic acids is 1. The molecule has 2 aromatic rings. The van der Waals surface area contributed by atoms with E-state index < -0.39 is 17.3 Å². The molecule has 8 heteroatoms. The fraction of sp³-hybridized carbons (Fsp3) is 0.444. The fourth-order valence-corrected chi connectivity index (χ4v) is 3.90. The summed E-state index contributed by atoms with van der Waals surface area (Å²) < 4.78 is 40.2. The standard InChI is InChI=1S/C18H19BrF3N3O/c1-11-7-17(10-23-9-11,25-15(26)8-19)13-4-5-14(18(20,21)22)16-12(13)3-2-6-24-16/h2-6,11,23H,7-10H2,1H3,(H,25,26)/t11-,17-/m0/s1. The Morgan fingerprint density at radius 1 is 1.42 bits per heavy atom. The second-order valence-electron chi connectivity index (χ2n) is 6.76. The first kappa shape index (κ1) is 19.1. The molecule has 140 valence electrons. The fourth-order valence-electron chi connectivity index (χ4n) is 3.76. The maximum atomic E-state index is 13.4. The van der Waals surface area contributed by atoms with Gasteiger partial charge >= 0.3 is 6.18 Å². The molecule has 0 saturated carbocycles. The van der Waals surface area contributed by atoms with E-state index in [1.54, 1.807) is 12.1 Å². The Hall–Kier alpha value is -1.67. The van der Waals surface area contributed by atoms with Gasteiger partial charge in [0.15, 0.2) is 0 Å². The van der Waals surface area contributed by atoms with Crippen molar-refractivity contribution in [3.63, 3.8) is 0 Å². The van der Waals surface area contributed by atoms with E-state index >= 15 is 0 Å². The lowest BCUT2D eigenvalue weighted by Crippen LogP contribution is -2.57. The highest BCUT2D eigenvalue weighted by atomic mass is 79.9. The average Bonchev–Trinajstić information content (AvgIpc) is 2.59. The topological polar surface area (TPSA) is 54.0 Å². The van der Waals surface area contributed by atoms with Crippen LogP contribution >= 0.6 is 15.9 Å². The molecule has 2 N–H and O–H groups in total. The maximum absolute atomic E-state index is 13.4.